The maximum absolute atomic E-state index is 5.84. The number of pyridine rings is 1. The number of anilines is 1. The van der Waals surface area contributed by atoms with Gasteiger partial charge in [0.15, 0.2) is 0 Å². The lowest BCUT2D eigenvalue weighted by Crippen LogP contribution is -2.06. The van der Waals surface area contributed by atoms with Crippen molar-refractivity contribution < 1.29 is 4.74 Å². The van der Waals surface area contributed by atoms with Crippen molar-refractivity contribution in [3.05, 3.63) is 48.5 Å². The molecule has 106 valence electrons. The van der Waals surface area contributed by atoms with Gasteiger partial charge in [0.2, 0.25) is 0 Å². The van der Waals surface area contributed by atoms with Gasteiger partial charge in [-0.05, 0) is 31.0 Å². The number of benzene rings is 1. The standard InChI is InChI=1S/C16H16N4O/c17-11-2-1-3-13(8-11)21-10-16-19-14-9-18-7-6-15(14)20(16)12-4-5-12/h1-3,6-9,12H,4-5,10,17H2. The molecule has 1 fully saturated rings. The third kappa shape index (κ3) is 2.31. The van der Waals surface area contributed by atoms with Crippen LogP contribution in [-0.4, -0.2) is 14.5 Å². The Balaban J connectivity index is 1.65. The predicted molar refractivity (Wildman–Crippen MR) is 81.0 cm³/mol. The maximum atomic E-state index is 5.84. The first-order chi connectivity index (χ1) is 10.3. The molecule has 5 nitrogen and oxygen atoms in total. The minimum atomic E-state index is 0.439. The number of fused-ring (bicyclic) bond motifs is 1. The van der Waals surface area contributed by atoms with Crippen LogP contribution in [0.1, 0.15) is 24.7 Å². The van der Waals surface area contributed by atoms with Crippen molar-refractivity contribution in [2.75, 3.05) is 5.73 Å². The molecule has 0 spiro atoms. The van der Waals surface area contributed by atoms with E-state index in [9.17, 15) is 0 Å². The van der Waals surface area contributed by atoms with E-state index in [2.05, 4.69) is 14.5 Å². The van der Waals surface area contributed by atoms with Crippen molar-refractivity contribution in [1.82, 2.24) is 14.5 Å². The molecule has 0 amide bonds. The molecule has 2 heterocycles. The Morgan fingerprint density at radius 1 is 1.29 bits per heavy atom. The van der Waals surface area contributed by atoms with Crippen LogP contribution in [0.3, 0.4) is 0 Å². The zero-order valence-electron chi connectivity index (χ0n) is 11.6. The third-order valence-electron chi connectivity index (χ3n) is 3.70. The van der Waals surface area contributed by atoms with Gasteiger partial charge in [0.05, 0.1) is 11.7 Å². The molecule has 0 atom stereocenters. The van der Waals surface area contributed by atoms with E-state index < -0.39 is 0 Å². The highest BCUT2D eigenvalue weighted by atomic mass is 16.5. The fourth-order valence-corrected chi connectivity index (χ4v) is 2.59. The van der Waals surface area contributed by atoms with Gasteiger partial charge in [0, 0.05) is 24.0 Å². The summed E-state index contributed by atoms with van der Waals surface area (Å²) >= 11 is 0. The average Bonchev–Trinajstić information content (AvgIpc) is 3.26. The number of nitrogen functional groups attached to an aromatic ring is 1. The van der Waals surface area contributed by atoms with Crippen LogP contribution in [0.2, 0.25) is 0 Å². The number of nitrogens with zero attached hydrogens (tertiary/aromatic N) is 3. The average molecular weight is 280 g/mol. The highest BCUT2D eigenvalue weighted by Crippen LogP contribution is 2.38. The number of rotatable bonds is 4. The van der Waals surface area contributed by atoms with Crippen LogP contribution >= 0.6 is 0 Å². The van der Waals surface area contributed by atoms with E-state index in [4.69, 9.17) is 10.5 Å². The molecule has 0 aliphatic heterocycles. The van der Waals surface area contributed by atoms with Gasteiger partial charge in [-0.1, -0.05) is 6.07 Å². The summed E-state index contributed by atoms with van der Waals surface area (Å²) in [6, 6.07) is 10.0. The maximum Gasteiger partial charge on any atom is 0.148 e. The number of nitrogens with two attached hydrogens (primary N) is 1. The smallest absolute Gasteiger partial charge is 0.148 e. The Labute approximate surface area is 122 Å². The number of hydrogen-bond acceptors (Lipinski definition) is 4. The van der Waals surface area contributed by atoms with Gasteiger partial charge in [0.25, 0.3) is 0 Å². The summed E-state index contributed by atoms with van der Waals surface area (Å²) in [5.74, 6) is 1.71. The van der Waals surface area contributed by atoms with Gasteiger partial charge in [-0.2, -0.15) is 0 Å². The van der Waals surface area contributed by atoms with Crippen molar-refractivity contribution in [2.45, 2.75) is 25.5 Å². The predicted octanol–water partition coefficient (Wildman–Crippen LogP) is 2.93. The van der Waals surface area contributed by atoms with Crippen molar-refractivity contribution in [2.24, 2.45) is 0 Å². The second-order valence-electron chi connectivity index (χ2n) is 5.35. The second kappa shape index (κ2) is 4.77. The summed E-state index contributed by atoms with van der Waals surface area (Å²) in [6.45, 7) is 0.439. The Morgan fingerprint density at radius 3 is 3.00 bits per heavy atom. The summed E-state index contributed by atoms with van der Waals surface area (Å²) in [5.41, 5.74) is 8.53. The van der Waals surface area contributed by atoms with Crippen LogP contribution in [0.25, 0.3) is 11.0 Å². The van der Waals surface area contributed by atoms with E-state index in [-0.39, 0.29) is 0 Å². The zero-order chi connectivity index (χ0) is 14.2. The molecule has 2 N–H and O–H groups in total. The highest BCUT2D eigenvalue weighted by Gasteiger charge is 2.28. The molecule has 0 radical (unpaired) electrons. The van der Waals surface area contributed by atoms with E-state index in [1.54, 1.807) is 6.20 Å². The molecule has 1 aliphatic rings. The summed E-state index contributed by atoms with van der Waals surface area (Å²) in [7, 11) is 0. The van der Waals surface area contributed by atoms with E-state index in [0.717, 1.165) is 22.6 Å². The molecule has 0 bridgehead atoms. The molecular weight excluding hydrogens is 264 g/mol. The molecule has 2 aromatic heterocycles. The fraction of sp³-hybridized carbons (Fsp3) is 0.250. The molecule has 1 aromatic carbocycles. The SMILES string of the molecule is Nc1cccc(OCc2nc3cnccc3n2C2CC2)c1. The van der Waals surface area contributed by atoms with Crippen LogP contribution in [-0.2, 0) is 6.61 Å². The molecule has 5 heteroatoms. The quantitative estimate of drug-likeness (QED) is 0.746. The van der Waals surface area contributed by atoms with Crippen molar-refractivity contribution in [3.63, 3.8) is 0 Å². The minimum Gasteiger partial charge on any atom is -0.486 e. The summed E-state index contributed by atoms with van der Waals surface area (Å²) < 4.78 is 8.12. The first-order valence-corrected chi connectivity index (χ1v) is 7.10. The number of aromatic nitrogens is 3. The lowest BCUT2D eigenvalue weighted by Gasteiger charge is -2.09. The van der Waals surface area contributed by atoms with Crippen LogP contribution in [0.4, 0.5) is 5.69 Å². The van der Waals surface area contributed by atoms with Crippen molar-refractivity contribution >= 4 is 16.7 Å². The van der Waals surface area contributed by atoms with Gasteiger partial charge in [0.1, 0.15) is 23.7 Å². The molecule has 1 aliphatic carbocycles. The van der Waals surface area contributed by atoms with Crippen LogP contribution < -0.4 is 10.5 Å². The van der Waals surface area contributed by atoms with Crippen LogP contribution in [0, 0.1) is 0 Å². The van der Waals surface area contributed by atoms with Crippen LogP contribution in [0.15, 0.2) is 42.7 Å². The Bertz CT molecular complexity index is 792. The monoisotopic (exact) mass is 280 g/mol. The fourth-order valence-electron chi connectivity index (χ4n) is 2.59. The number of hydrogen-bond donors (Lipinski definition) is 1. The molecule has 4 rings (SSSR count). The van der Waals surface area contributed by atoms with Gasteiger partial charge in [-0.25, -0.2) is 4.98 Å². The lowest BCUT2D eigenvalue weighted by atomic mass is 10.3. The Morgan fingerprint density at radius 2 is 2.19 bits per heavy atom. The lowest BCUT2D eigenvalue weighted by molar-refractivity contribution is 0.290. The van der Waals surface area contributed by atoms with E-state index in [1.165, 1.54) is 12.8 Å². The largest absolute Gasteiger partial charge is 0.486 e. The third-order valence-corrected chi connectivity index (χ3v) is 3.70. The first-order valence-electron chi connectivity index (χ1n) is 7.10. The number of imidazole rings is 1. The van der Waals surface area contributed by atoms with E-state index >= 15 is 0 Å². The molecular formula is C16H16N4O. The summed E-state index contributed by atoms with van der Waals surface area (Å²) in [5, 5.41) is 0. The number of ether oxygens (including phenoxy) is 1. The molecule has 21 heavy (non-hydrogen) atoms. The summed E-state index contributed by atoms with van der Waals surface area (Å²) in [4.78, 5) is 8.80. The zero-order valence-corrected chi connectivity index (χ0v) is 11.6. The topological polar surface area (TPSA) is 66.0 Å². The van der Waals surface area contributed by atoms with Crippen molar-refractivity contribution in [1.29, 1.82) is 0 Å². The molecule has 0 saturated heterocycles. The molecule has 1 saturated carbocycles. The van der Waals surface area contributed by atoms with E-state index in [0.29, 0.717) is 18.3 Å². The normalized spacial score (nSPS) is 14.5. The highest BCUT2D eigenvalue weighted by molar-refractivity contribution is 5.75. The van der Waals surface area contributed by atoms with Gasteiger partial charge in [-0.3, -0.25) is 4.98 Å². The molecule has 3 aromatic rings. The first kappa shape index (κ1) is 12.2. The molecule has 0 unspecified atom stereocenters. The van der Waals surface area contributed by atoms with Crippen LogP contribution in [0.5, 0.6) is 5.75 Å². The second-order valence-corrected chi connectivity index (χ2v) is 5.35. The van der Waals surface area contributed by atoms with Gasteiger partial charge in [-0.15, -0.1) is 0 Å². The van der Waals surface area contributed by atoms with Gasteiger partial charge < -0.3 is 15.0 Å². The Hall–Kier alpha value is -2.56. The van der Waals surface area contributed by atoms with Crippen molar-refractivity contribution in [3.8, 4) is 5.75 Å². The Kier molecular flexibility index (Phi) is 2.77. The van der Waals surface area contributed by atoms with E-state index in [1.807, 2.05) is 36.5 Å². The van der Waals surface area contributed by atoms with Gasteiger partial charge >= 0.3 is 0 Å². The minimum absolute atomic E-state index is 0.439. The summed E-state index contributed by atoms with van der Waals surface area (Å²) in [6.07, 6.45) is 6.03.